The van der Waals surface area contributed by atoms with Crippen molar-refractivity contribution in [3.05, 3.63) is 30.2 Å². The largest absolute Gasteiger partial charge is 0.497 e. The van der Waals surface area contributed by atoms with Gasteiger partial charge in [0.1, 0.15) is 5.75 Å². The van der Waals surface area contributed by atoms with Crippen LogP contribution in [0.5, 0.6) is 5.75 Å². The van der Waals surface area contributed by atoms with E-state index in [9.17, 15) is 0 Å². The molecule has 0 aliphatic heterocycles. The summed E-state index contributed by atoms with van der Waals surface area (Å²) in [7, 11) is 1.62. The molecular formula is C12H14N2O3. The first-order valence-corrected chi connectivity index (χ1v) is 5.41. The Bertz CT molecular complexity index is 465. The second-order valence-corrected chi connectivity index (χ2v) is 3.57. The molecule has 0 amide bonds. The molecule has 1 N–H and O–H groups in total. The van der Waals surface area contributed by atoms with Crippen LogP contribution in [0.15, 0.2) is 28.8 Å². The predicted octanol–water partition coefficient (Wildman–Crippen LogP) is 1.67. The summed E-state index contributed by atoms with van der Waals surface area (Å²) in [6.07, 6.45) is 1.23. The number of benzene rings is 1. The smallest absolute Gasteiger partial charge is 0.227 e. The van der Waals surface area contributed by atoms with Crippen LogP contribution in [-0.4, -0.2) is 29.0 Å². The zero-order valence-electron chi connectivity index (χ0n) is 9.59. The summed E-state index contributed by atoms with van der Waals surface area (Å²) in [5.41, 5.74) is 0.879. The van der Waals surface area contributed by atoms with E-state index in [-0.39, 0.29) is 6.61 Å². The van der Waals surface area contributed by atoms with E-state index < -0.39 is 0 Å². The summed E-state index contributed by atoms with van der Waals surface area (Å²) < 4.78 is 10.1. The van der Waals surface area contributed by atoms with Gasteiger partial charge in [0.2, 0.25) is 11.7 Å². The molecule has 1 aromatic carbocycles. The molecule has 1 aromatic heterocycles. The first-order chi connectivity index (χ1) is 8.33. The SMILES string of the molecule is COc1ccc(-c2noc(CCCO)n2)cc1. The molecule has 90 valence electrons. The van der Waals surface area contributed by atoms with Crippen LogP contribution in [0.1, 0.15) is 12.3 Å². The van der Waals surface area contributed by atoms with Gasteiger partial charge in [-0.15, -0.1) is 0 Å². The minimum atomic E-state index is 0.125. The Labute approximate surface area is 99.0 Å². The summed E-state index contributed by atoms with van der Waals surface area (Å²) in [6, 6.07) is 7.44. The zero-order valence-corrected chi connectivity index (χ0v) is 9.59. The van der Waals surface area contributed by atoms with Gasteiger partial charge in [0.05, 0.1) is 7.11 Å². The Kier molecular flexibility index (Phi) is 3.72. The quantitative estimate of drug-likeness (QED) is 0.852. The first kappa shape index (κ1) is 11.6. The molecular weight excluding hydrogens is 220 g/mol. The minimum absolute atomic E-state index is 0.125. The molecule has 5 heteroatoms. The Morgan fingerprint density at radius 1 is 1.29 bits per heavy atom. The van der Waals surface area contributed by atoms with Crippen molar-refractivity contribution in [1.82, 2.24) is 10.1 Å². The number of nitrogens with zero attached hydrogens (tertiary/aromatic N) is 2. The number of ether oxygens (including phenoxy) is 1. The van der Waals surface area contributed by atoms with E-state index in [2.05, 4.69) is 10.1 Å². The van der Waals surface area contributed by atoms with Crippen LogP contribution in [0.2, 0.25) is 0 Å². The molecule has 2 rings (SSSR count). The maximum Gasteiger partial charge on any atom is 0.227 e. The van der Waals surface area contributed by atoms with E-state index in [0.717, 1.165) is 11.3 Å². The van der Waals surface area contributed by atoms with Gasteiger partial charge in [0.15, 0.2) is 0 Å². The van der Waals surface area contributed by atoms with Gasteiger partial charge >= 0.3 is 0 Å². The molecule has 0 atom stereocenters. The third-order valence-electron chi connectivity index (χ3n) is 2.37. The number of aliphatic hydroxyl groups excluding tert-OH is 1. The highest BCUT2D eigenvalue weighted by molar-refractivity contribution is 5.55. The maximum atomic E-state index is 8.71. The molecule has 0 spiro atoms. The highest BCUT2D eigenvalue weighted by Gasteiger charge is 2.08. The molecule has 0 saturated heterocycles. The van der Waals surface area contributed by atoms with Gasteiger partial charge in [0.25, 0.3) is 0 Å². The fourth-order valence-electron chi connectivity index (χ4n) is 1.44. The summed E-state index contributed by atoms with van der Waals surface area (Å²) in [6.45, 7) is 0.125. The van der Waals surface area contributed by atoms with Crippen molar-refractivity contribution in [2.24, 2.45) is 0 Å². The average molecular weight is 234 g/mol. The highest BCUT2D eigenvalue weighted by atomic mass is 16.5. The normalized spacial score (nSPS) is 10.5. The van der Waals surface area contributed by atoms with Crippen LogP contribution in [-0.2, 0) is 6.42 Å². The second kappa shape index (κ2) is 5.45. The third-order valence-corrected chi connectivity index (χ3v) is 2.37. The van der Waals surface area contributed by atoms with Crippen molar-refractivity contribution < 1.29 is 14.4 Å². The van der Waals surface area contributed by atoms with E-state index in [1.807, 2.05) is 24.3 Å². The van der Waals surface area contributed by atoms with Gasteiger partial charge in [-0.05, 0) is 30.7 Å². The Morgan fingerprint density at radius 3 is 2.71 bits per heavy atom. The summed E-state index contributed by atoms with van der Waals surface area (Å²) in [5.74, 6) is 1.89. The van der Waals surface area contributed by atoms with Crippen molar-refractivity contribution in [2.45, 2.75) is 12.8 Å². The number of hydrogen-bond donors (Lipinski definition) is 1. The van der Waals surface area contributed by atoms with Crippen LogP contribution >= 0.6 is 0 Å². The van der Waals surface area contributed by atoms with Crippen molar-refractivity contribution >= 4 is 0 Å². The standard InChI is InChI=1S/C12H14N2O3/c1-16-10-6-4-9(5-7-10)12-13-11(17-14-12)3-2-8-15/h4-7,15H,2-3,8H2,1H3. The molecule has 0 aliphatic rings. The monoisotopic (exact) mass is 234 g/mol. The lowest BCUT2D eigenvalue weighted by atomic mass is 10.2. The van der Waals surface area contributed by atoms with Crippen LogP contribution in [0, 0.1) is 0 Å². The number of methoxy groups -OCH3 is 1. The molecule has 0 radical (unpaired) electrons. The fourth-order valence-corrected chi connectivity index (χ4v) is 1.44. The second-order valence-electron chi connectivity index (χ2n) is 3.57. The van der Waals surface area contributed by atoms with Crippen LogP contribution in [0.25, 0.3) is 11.4 Å². The molecule has 5 nitrogen and oxygen atoms in total. The van der Waals surface area contributed by atoms with Gasteiger partial charge in [-0.25, -0.2) is 0 Å². The summed E-state index contributed by atoms with van der Waals surface area (Å²) >= 11 is 0. The van der Waals surface area contributed by atoms with Gasteiger partial charge in [0, 0.05) is 18.6 Å². The lowest BCUT2D eigenvalue weighted by Gasteiger charge is -1.98. The third kappa shape index (κ3) is 2.82. The molecule has 0 saturated carbocycles. The van der Waals surface area contributed by atoms with E-state index in [0.29, 0.717) is 24.6 Å². The van der Waals surface area contributed by atoms with Gasteiger partial charge in [-0.1, -0.05) is 5.16 Å². The van der Waals surface area contributed by atoms with E-state index in [4.69, 9.17) is 14.4 Å². The van der Waals surface area contributed by atoms with E-state index in [1.54, 1.807) is 7.11 Å². The number of aryl methyl sites for hydroxylation is 1. The van der Waals surface area contributed by atoms with Crippen molar-refractivity contribution in [3.8, 4) is 17.1 Å². The lowest BCUT2D eigenvalue weighted by molar-refractivity contribution is 0.278. The zero-order chi connectivity index (χ0) is 12.1. The first-order valence-electron chi connectivity index (χ1n) is 5.41. The number of hydrogen-bond acceptors (Lipinski definition) is 5. The van der Waals surface area contributed by atoms with Crippen LogP contribution < -0.4 is 4.74 Å². The summed E-state index contributed by atoms with van der Waals surface area (Å²) in [4.78, 5) is 4.24. The maximum absolute atomic E-state index is 8.71. The van der Waals surface area contributed by atoms with Crippen molar-refractivity contribution in [1.29, 1.82) is 0 Å². The molecule has 0 aliphatic carbocycles. The number of aliphatic hydroxyl groups is 1. The van der Waals surface area contributed by atoms with Crippen molar-refractivity contribution in [3.63, 3.8) is 0 Å². The molecule has 2 aromatic rings. The predicted molar refractivity (Wildman–Crippen MR) is 61.7 cm³/mol. The Hall–Kier alpha value is -1.88. The fraction of sp³-hybridized carbons (Fsp3) is 0.333. The summed E-state index contributed by atoms with van der Waals surface area (Å²) in [5, 5.41) is 12.6. The molecule has 17 heavy (non-hydrogen) atoms. The van der Waals surface area contributed by atoms with Crippen LogP contribution in [0.3, 0.4) is 0 Å². The van der Waals surface area contributed by atoms with E-state index in [1.165, 1.54) is 0 Å². The number of aromatic nitrogens is 2. The van der Waals surface area contributed by atoms with Crippen molar-refractivity contribution in [2.75, 3.05) is 13.7 Å². The van der Waals surface area contributed by atoms with Gasteiger partial charge in [-0.3, -0.25) is 0 Å². The Balaban J connectivity index is 2.12. The molecule has 0 unspecified atom stereocenters. The van der Waals surface area contributed by atoms with Gasteiger partial charge in [-0.2, -0.15) is 4.98 Å². The lowest BCUT2D eigenvalue weighted by Crippen LogP contribution is -1.89. The average Bonchev–Trinajstić information content (AvgIpc) is 2.85. The molecule has 1 heterocycles. The topological polar surface area (TPSA) is 68.4 Å². The highest BCUT2D eigenvalue weighted by Crippen LogP contribution is 2.19. The van der Waals surface area contributed by atoms with Crippen LogP contribution in [0.4, 0.5) is 0 Å². The number of rotatable bonds is 5. The van der Waals surface area contributed by atoms with Gasteiger partial charge < -0.3 is 14.4 Å². The van der Waals surface area contributed by atoms with E-state index >= 15 is 0 Å². The Morgan fingerprint density at radius 2 is 2.06 bits per heavy atom. The molecule has 0 bridgehead atoms. The minimum Gasteiger partial charge on any atom is -0.497 e. The molecule has 0 fully saturated rings.